The second-order valence-corrected chi connectivity index (χ2v) is 6.96. The fraction of sp³-hybridized carbons (Fsp3) is 0.333. The van der Waals surface area contributed by atoms with E-state index in [0.717, 1.165) is 30.9 Å². The molecular formula is C15H13F3INS. The molecule has 1 aromatic carbocycles. The van der Waals surface area contributed by atoms with Gasteiger partial charge < -0.3 is 0 Å². The Balaban J connectivity index is 1.89. The van der Waals surface area contributed by atoms with Gasteiger partial charge in [0.15, 0.2) is 0 Å². The summed E-state index contributed by atoms with van der Waals surface area (Å²) in [6, 6.07) is 7.89. The highest BCUT2D eigenvalue weighted by Crippen LogP contribution is 2.37. The summed E-state index contributed by atoms with van der Waals surface area (Å²) in [7, 11) is 1.60. The van der Waals surface area contributed by atoms with E-state index in [1.165, 1.54) is 23.4 Å². The van der Waals surface area contributed by atoms with E-state index in [0.29, 0.717) is 0 Å². The highest BCUT2D eigenvalue weighted by molar-refractivity contribution is 14.2. The van der Waals surface area contributed by atoms with Gasteiger partial charge in [0.25, 0.3) is 0 Å². The number of aryl methyl sites for hydroxylation is 1. The zero-order chi connectivity index (χ0) is 15.0. The summed E-state index contributed by atoms with van der Waals surface area (Å²) in [6.07, 6.45) is 0.411. The molecule has 21 heavy (non-hydrogen) atoms. The number of halogens is 4. The zero-order valence-corrected chi connectivity index (χ0v) is 14.0. The van der Waals surface area contributed by atoms with Gasteiger partial charge in [0.2, 0.25) is 0 Å². The van der Waals surface area contributed by atoms with E-state index >= 15 is 0 Å². The maximum atomic E-state index is 12.8. The Hall–Kier alpha value is -0.630. The van der Waals surface area contributed by atoms with E-state index < -0.39 is 11.7 Å². The van der Waals surface area contributed by atoms with Crippen LogP contribution in [0.4, 0.5) is 13.2 Å². The Morgan fingerprint density at radius 2 is 2.05 bits per heavy atom. The molecule has 1 aromatic heterocycles. The van der Waals surface area contributed by atoms with Gasteiger partial charge in [-0.05, 0) is 48.4 Å². The van der Waals surface area contributed by atoms with Crippen molar-refractivity contribution in [2.24, 2.45) is 0 Å². The average Bonchev–Trinajstić information content (AvgIpc) is 2.88. The van der Waals surface area contributed by atoms with Crippen molar-refractivity contribution in [1.29, 1.82) is 0 Å². The van der Waals surface area contributed by atoms with Crippen molar-refractivity contribution in [3.05, 3.63) is 58.9 Å². The number of fused-ring (bicyclic) bond motifs is 1. The van der Waals surface area contributed by atoms with Gasteiger partial charge in [-0.1, -0.05) is 18.2 Å². The number of alkyl halides is 3. The quantitative estimate of drug-likeness (QED) is 0.568. The van der Waals surface area contributed by atoms with Gasteiger partial charge in [-0.25, -0.2) is 0 Å². The second-order valence-electron chi connectivity index (χ2n) is 5.25. The molecule has 0 radical (unpaired) electrons. The van der Waals surface area contributed by atoms with Gasteiger partial charge >= 0.3 is 6.18 Å². The summed E-state index contributed by atoms with van der Waals surface area (Å²) in [5, 5.41) is 0. The van der Waals surface area contributed by atoms with Crippen LogP contribution in [0, 0.1) is 0 Å². The molecule has 0 aliphatic heterocycles. The van der Waals surface area contributed by atoms with Gasteiger partial charge in [-0.3, -0.25) is 3.97 Å². The summed E-state index contributed by atoms with van der Waals surface area (Å²) in [4.78, 5) is 0. The highest BCUT2D eigenvalue weighted by Gasteiger charge is 2.31. The third kappa shape index (κ3) is 3.11. The molecule has 1 heterocycles. The van der Waals surface area contributed by atoms with Crippen molar-refractivity contribution in [2.45, 2.75) is 31.4 Å². The lowest BCUT2D eigenvalue weighted by atomic mass is 9.83. The number of hydrogen-bond acceptors (Lipinski definition) is 1. The fourth-order valence-corrected chi connectivity index (χ4v) is 4.41. The van der Waals surface area contributed by atoms with Crippen molar-refractivity contribution in [3.8, 4) is 0 Å². The summed E-state index contributed by atoms with van der Waals surface area (Å²) in [5.74, 6) is 0.164. The number of rotatable bonds is 2. The van der Waals surface area contributed by atoms with Crippen LogP contribution in [0.25, 0.3) is 0 Å². The number of hydrogen-bond donors (Lipinski definition) is 0. The Kier molecular flexibility index (Phi) is 4.27. The van der Waals surface area contributed by atoms with Crippen LogP contribution < -0.4 is 0 Å². The monoisotopic (exact) mass is 423 g/mol. The van der Waals surface area contributed by atoms with E-state index in [4.69, 9.17) is 0 Å². The highest BCUT2D eigenvalue weighted by atomic mass is 127. The Bertz CT molecular complexity index is 637. The average molecular weight is 423 g/mol. The molecule has 0 saturated carbocycles. The topological polar surface area (TPSA) is 4.93 Å². The van der Waals surface area contributed by atoms with Crippen molar-refractivity contribution in [1.82, 2.24) is 3.97 Å². The van der Waals surface area contributed by atoms with Crippen LogP contribution in [-0.2, 0) is 19.0 Å². The minimum absolute atomic E-state index is 0.164. The molecular weight excluding hydrogens is 410 g/mol. The molecule has 0 N–H and O–H groups in total. The molecule has 0 spiro atoms. The maximum Gasteiger partial charge on any atom is 0.416 e. The van der Waals surface area contributed by atoms with Crippen LogP contribution in [0.1, 0.15) is 34.7 Å². The molecule has 1 aliphatic carbocycles. The minimum Gasteiger partial charge on any atom is -0.287 e. The van der Waals surface area contributed by atoms with Gasteiger partial charge in [-0.15, -0.1) is 0 Å². The van der Waals surface area contributed by atoms with Gasteiger partial charge in [-0.2, -0.15) is 13.2 Å². The lowest BCUT2D eigenvalue weighted by molar-refractivity contribution is -0.137. The Morgan fingerprint density at radius 3 is 2.76 bits per heavy atom. The largest absolute Gasteiger partial charge is 0.416 e. The molecule has 112 valence electrons. The maximum absolute atomic E-state index is 12.8. The van der Waals surface area contributed by atoms with E-state index in [1.54, 1.807) is 9.12 Å². The summed E-state index contributed by atoms with van der Waals surface area (Å²) in [5.41, 5.74) is 2.80. The van der Waals surface area contributed by atoms with Crippen LogP contribution >= 0.6 is 30.3 Å². The van der Waals surface area contributed by atoms with Crippen molar-refractivity contribution in [2.75, 3.05) is 0 Å². The van der Waals surface area contributed by atoms with Crippen LogP contribution in [-0.4, -0.2) is 3.97 Å². The third-order valence-electron chi connectivity index (χ3n) is 4.01. The third-order valence-corrected chi connectivity index (χ3v) is 5.77. The van der Waals surface area contributed by atoms with Crippen LogP contribution in [0.3, 0.4) is 0 Å². The molecule has 0 saturated heterocycles. The first-order chi connectivity index (χ1) is 9.99. The molecule has 1 nitrogen and oxygen atoms in total. The molecule has 6 heteroatoms. The minimum atomic E-state index is -4.27. The Morgan fingerprint density at radius 1 is 1.24 bits per heavy atom. The van der Waals surface area contributed by atoms with Gasteiger partial charge in [0.05, 0.1) is 5.56 Å². The van der Waals surface area contributed by atoms with Crippen molar-refractivity contribution in [3.63, 3.8) is 0 Å². The standard InChI is InChI=1S/C15H13F3INS/c16-15(17,18)13-3-1-2-11(8-13)12-5-4-10-6-7-20(21-19)14(10)9-12/h1-3,6-8,12H,4-5,9H2. The first kappa shape index (κ1) is 15.3. The molecule has 0 fully saturated rings. The number of benzene rings is 1. The smallest absolute Gasteiger partial charge is 0.287 e. The lowest BCUT2D eigenvalue weighted by Crippen LogP contribution is -2.14. The molecule has 1 atom stereocenters. The second kappa shape index (κ2) is 5.87. The molecule has 1 aliphatic rings. The van der Waals surface area contributed by atoms with E-state index in [2.05, 4.69) is 31.2 Å². The number of aromatic nitrogens is 1. The van der Waals surface area contributed by atoms with E-state index in [1.807, 2.05) is 12.3 Å². The van der Waals surface area contributed by atoms with Crippen LogP contribution in [0.2, 0.25) is 0 Å². The van der Waals surface area contributed by atoms with E-state index in [9.17, 15) is 13.2 Å². The number of nitrogens with zero attached hydrogens (tertiary/aromatic N) is 1. The molecule has 0 bridgehead atoms. The van der Waals surface area contributed by atoms with Gasteiger partial charge in [0, 0.05) is 42.2 Å². The first-order valence-electron chi connectivity index (χ1n) is 6.64. The molecule has 1 unspecified atom stereocenters. The molecule has 2 aromatic rings. The predicted octanol–water partition coefficient (Wildman–Crippen LogP) is 5.63. The first-order valence-corrected chi connectivity index (χ1v) is 9.96. The zero-order valence-electron chi connectivity index (χ0n) is 11.0. The normalized spacial score (nSPS) is 18.6. The summed E-state index contributed by atoms with van der Waals surface area (Å²) >= 11 is 2.22. The predicted molar refractivity (Wildman–Crippen MR) is 87.7 cm³/mol. The summed E-state index contributed by atoms with van der Waals surface area (Å²) < 4.78 is 40.6. The molecule has 0 amide bonds. The fourth-order valence-electron chi connectivity index (χ4n) is 2.92. The van der Waals surface area contributed by atoms with Crippen molar-refractivity contribution >= 4 is 30.3 Å². The van der Waals surface area contributed by atoms with Crippen LogP contribution in [0.5, 0.6) is 0 Å². The molecule has 3 rings (SSSR count). The SMILES string of the molecule is FC(F)(F)c1cccc(C2CCc3ccn(SI)c3C2)c1. The summed E-state index contributed by atoms with van der Waals surface area (Å²) in [6.45, 7) is 0. The van der Waals surface area contributed by atoms with E-state index in [-0.39, 0.29) is 5.92 Å². The van der Waals surface area contributed by atoms with Crippen LogP contribution in [0.15, 0.2) is 36.5 Å². The van der Waals surface area contributed by atoms with Crippen molar-refractivity contribution < 1.29 is 13.2 Å². The van der Waals surface area contributed by atoms with Gasteiger partial charge in [0.1, 0.15) is 0 Å². The lowest BCUT2D eigenvalue weighted by Gasteiger charge is -2.24. The Labute approximate surface area is 137 Å².